The molecule has 0 spiro atoms. The Bertz CT molecular complexity index is 864. The number of amides is 1. The number of anilines is 2. The summed E-state index contributed by atoms with van der Waals surface area (Å²) >= 11 is 0. The second kappa shape index (κ2) is 5.28. The van der Waals surface area contributed by atoms with E-state index in [1.54, 1.807) is 18.2 Å². The van der Waals surface area contributed by atoms with Crippen molar-refractivity contribution >= 4 is 34.4 Å². The number of nitrogens with zero attached hydrogens (tertiary/aromatic N) is 5. The zero-order chi connectivity index (χ0) is 15.7. The Morgan fingerprint density at radius 1 is 1.36 bits per heavy atom. The van der Waals surface area contributed by atoms with Crippen LogP contribution >= 0.6 is 0 Å². The molecule has 0 radical (unpaired) electrons. The van der Waals surface area contributed by atoms with Crippen LogP contribution in [-0.2, 0) is 11.3 Å². The number of nitrogen functional groups attached to an aromatic ring is 1. The Labute approximate surface area is 124 Å². The number of imidazole rings is 1. The van der Waals surface area contributed by atoms with Crippen LogP contribution in [0.5, 0.6) is 0 Å². The lowest BCUT2D eigenvalue weighted by molar-refractivity contribution is -0.114. The van der Waals surface area contributed by atoms with Crippen molar-refractivity contribution in [2.75, 3.05) is 11.1 Å². The van der Waals surface area contributed by atoms with Gasteiger partial charge in [-0.1, -0.05) is 6.07 Å². The van der Waals surface area contributed by atoms with E-state index in [4.69, 9.17) is 5.73 Å². The smallest absolute Gasteiger partial charge is 0.255 e. The zero-order valence-electron chi connectivity index (χ0n) is 11.7. The fraction of sp³-hybridized carbons (Fsp3) is 0.154. The summed E-state index contributed by atoms with van der Waals surface area (Å²) in [7, 11) is 0. The molecule has 0 fully saturated rings. The molecule has 112 valence electrons. The van der Waals surface area contributed by atoms with Crippen LogP contribution in [0, 0.1) is 0 Å². The number of carbonyl (C=O) groups excluding carboxylic acids is 2. The number of benzene rings is 1. The van der Waals surface area contributed by atoms with E-state index >= 15 is 0 Å². The van der Waals surface area contributed by atoms with Gasteiger partial charge in [-0.05, 0) is 12.1 Å². The summed E-state index contributed by atoms with van der Waals surface area (Å²) in [6.45, 7) is 1.28. The van der Waals surface area contributed by atoms with E-state index in [1.807, 2.05) is 0 Å². The van der Waals surface area contributed by atoms with Crippen molar-refractivity contribution in [3.63, 3.8) is 0 Å². The van der Waals surface area contributed by atoms with Crippen LogP contribution in [0.25, 0.3) is 11.0 Å². The summed E-state index contributed by atoms with van der Waals surface area (Å²) in [5, 5.41) is 10.4. The minimum atomic E-state index is -0.266. The molecule has 9 nitrogen and oxygen atoms in total. The molecule has 2 aromatic heterocycles. The van der Waals surface area contributed by atoms with E-state index in [0.717, 1.165) is 0 Å². The minimum absolute atomic E-state index is 0.0835. The Hall–Kier alpha value is -3.23. The normalized spacial score (nSPS) is 10.8. The van der Waals surface area contributed by atoms with Crippen LogP contribution in [0.4, 0.5) is 11.5 Å². The highest BCUT2D eigenvalue weighted by Gasteiger charge is 2.13. The Morgan fingerprint density at radius 3 is 2.95 bits per heavy atom. The predicted octanol–water partition coefficient (Wildman–Crippen LogP) is 0.509. The fourth-order valence-electron chi connectivity index (χ4n) is 2.07. The number of hydrogen-bond donors (Lipinski definition) is 2. The van der Waals surface area contributed by atoms with Gasteiger partial charge >= 0.3 is 0 Å². The number of aromatic nitrogens is 5. The lowest BCUT2D eigenvalue weighted by Gasteiger charge is -2.03. The van der Waals surface area contributed by atoms with Crippen molar-refractivity contribution in [1.29, 1.82) is 0 Å². The third-order valence-corrected chi connectivity index (χ3v) is 2.99. The van der Waals surface area contributed by atoms with Crippen LogP contribution in [0.1, 0.15) is 11.7 Å². The topological polar surface area (TPSA) is 121 Å². The van der Waals surface area contributed by atoms with E-state index in [-0.39, 0.29) is 18.4 Å². The first-order valence-electron chi connectivity index (χ1n) is 6.47. The molecule has 3 rings (SSSR count). The van der Waals surface area contributed by atoms with Gasteiger partial charge in [-0.3, -0.25) is 14.2 Å². The summed E-state index contributed by atoms with van der Waals surface area (Å²) in [6.07, 6.45) is 2.79. The van der Waals surface area contributed by atoms with E-state index in [2.05, 4.69) is 20.5 Å². The van der Waals surface area contributed by atoms with Crippen LogP contribution in [0.2, 0.25) is 0 Å². The molecule has 22 heavy (non-hydrogen) atoms. The number of fused-ring (bicyclic) bond motifs is 1. The highest BCUT2D eigenvalue weighted by atomic mass is 16.2. The van der Waals surface area contributed by atoms with Gasteiger partial charge in [0.15, 0.2) is 5.82 Å². The Kier molecular flexibility index (Phi) is 3.30. The van der Waals surface area contributed by atoms with E-state index in [0.29, 0.717) is 22.5 Å². The van der Waals surface area contributed by atoms with E-state index in [9.17, 15) is 9.59 Å². The molecular weight excluding hydrogens is 286 g/mol. The first kappa shape index (κ1) is 13.7. The van der Waals surface area contributed by atoms with Gasteiger partial charge in [0.1, 0.15) is 18.4 Å². The van der Waals surface area contributed by atoms with Gasteiger partial charge in [-0.25, -0.2) is 4.98 Å². The highest BCUT2D eigenvalue weighted by molar-refractivity contribution is 5.94. The number of rotatable bonds is 3. The molecule has 3 aromatic rings. The summed E-state index contributed by atoms with van der Waals surface area (Å²) in [5.41, 5.74) is 7.52. The van der Waals surface area contributed by atoms with Crippen molar-refractivity contribution in [3.8, 4) is 0 Å². The molecule has 1 aromatic carbocycles. The van der Waals surface area contributed by atoms with Gasteiger partial charge in [0.05, 0.1) is 17.4 Å². The summed E-state index contributed by atoms with van der Waals surface area (Å²) < 4.78 is 1.40. The summed E-state index contributed by atoms with van der Waals surface area (Å²) in [5.74, 6) is -0.229. The maximum Gasteiger partial charge on any atom is 0.255 e. The van der Waals surface area contributed by atoms with E-state index in [1.165, 1.54) is 28.8 Å². The predicted molar refractivity (Wildman–Crippen MR) is 79.1 cm³/mol. The monoisotopic (exact) mass is 299 g/mol. The second-order valence-electron chi connectivity index (χ2n) is 4.66. The molecule has 0 aliphatic carbocycles. The number of hydrogen-bond acceptors (Lipinski definition) is 6. The number of carbonyl (C=O) groups is 2. The first-order chi connectivity index (χ1) is 10.5. The minimum Gasteiger partial charge on any atom is -0.397 e. The number of nitrogens with one attached hydrogen (secondary N) is 1. The molecular formula is C13H13N7O2. The molecule has 0 unspecified atom stereocenters. The molecule has 0 saturated carbocycles. The molecule has 0 aliphatic rings. The third kappa shape index (κ3) is 2.51. The SMILES string of the molecule is CC(=O)Nc1cnn(CC(=O)n2cnc3c(N)cccc32)n1. The second-order valence-corrected chi connectivity index (χ2v) is 4.66. The highest BCUT2D eigenvalue weighted by Crippen LogP contribution is 2.18. The van der Waals surface area contributed by atoms with Crippen LogP contribution in [-0.4, -0.2) is 36.4 Å². The standard InChI is InChI=1S/C13H13N7O2/c1-8(21)17-11-5-16-20(18-11)6-12(22)19-7-15-13-9(14)3-2-4-10(13)19/h2-5,7H,6,14H2,1H3,(H,17,18,21). The Morgan fingerprint density at radius 2 is 2.18 bits per heavy atom. The van der Waals surface area contributed by atoms with Gasteiger partial charge in [0.2, 0.25) is 5.91 Å². The first-order valence-corrected chi connectivity index (χ1v) is 6.47. The van der Waals surface area contributed by atoms with Gasteiger partial charge in [0.25, 0.3) is 5.91 Å². The summed E-state index contributed by atoms with van der Waals surface area (Å²) in [6, 6.07) is 5.24. The lowest BCUT2D eigenvalue weighted by atomic mass is 10.3. The van der Waals surface area contributed by atoms with Crippen LogP contribution < -0.4 is 11.1 Å². The molecule has 1 amide bonds. The number of nitrogens with two attached hydrogens (primary N) is 1. The van der Waals surface area contributed by atoms with Gasteiger partial charge in [-0.2, -0.15) is 9.90 Å². The molecule has 0 bridgehead atoms. The molecule has 3 N–H and O–H groups in total. The maximum absolute atomic E-state index is 12.3. The third-order valence-electron chi connectivity index (χ3n) is 2.99. The number of para-hydroxylation sites is 1. The van der Waals surface area contributed by atoms with Crippen molar-refractivity contribution in [1.82, 2.24) is 24.5 Å². The Balaban J connectivity index is 1.83. The van der Waals surface area contributed by atoms with Gasteiger partial charge < -0.3 is 11.1 Å². The largest absolute Gasteiger partial charge is 0.397 e. The van der Waals surface area contributed by atoms with Crippen LogP contribution in [0.15, 0.2) is 30.7 Å². The van der Waals surface area contributed by atoms with Crippen molar-refractivity contribution in [2.45, 2.75) is 13.5 Å². The fourth-order valence-corrected chi connectivity index (χ4v) is 2.07. The van der Waals surface area contributed by atoms with Crippen LogP contribution in [0.3, 0.4) is 0 Å². The van der Waals surface area contributed by atoms with Crippen molar-refractivity contribution in [2.24, 2.45) is 0 Å². The molecule has 0 atom stereocenters. The van der Waals surface area contributed by atoms with Crippen molar-refractivity contribution in [3.05, 3.63) is 30.7 Å². The zero-order valence-corrected chi connectivity index (χ0v) is 11.7. The summed E-state index contributed by atoms with van der Waals surface area (Å²) in [4.78, 5) is 28.6. The van der Waals surface area contributed by atoms with Gasteiger partial charge in [-0.15, -0.1) is 5.10 Å². The average Bonchev–Trinajstić information content (AvgIpc) is 3.05. The molecule has 9 heteroatoms. The lowest BCUT2D eigenvalue weighted by Crippen LogP contribution is -2.19. The van der Waals surface area contributed by atoms with Gasteiger partial charge in [0, 0.05) is 6.92 Å². The van der Waals surface area contributed by atoms with E-state index < -0.39 is 0 Å². The quantitative estimate of drug-likeness (QED) is 0.680. The average molecular weight is 299 g/mol. The molecule has 0 saturated heterocycles. The molecule has 0 aliphatic heterocycles. The van der Waals surface area contributed by atoms with Crippen molar-refractivity contribution < 1.29 is 9.59 Å². The molecule has 2 heterocycles. The maximum atomic E-state index is 12.3.